The number of carbonyl (C=O) groups excluding carboxylic acids is 1. The Kier molecular flexibility index (Phi) is 4.66. The lowest BCUT2D eigenvalue weighted by Gasteiger charge is -2.20. The van der Waals surface area contributed by atoms with Gasteiger partial charge in [0.15, 0.2) is 0 Å². The fourth-order valence-corrected chi connectivity index (χ4v) is 3.11. The van der Waals surface area contributed by atoms with Gasteiger partial charge in [0.1, 0.15) is 0 Å². The van der Waals surface area contributed by atoms with Crippen molar-refractivity contribution in [3.8, 4) is 0 Å². The number of amides is 1. The van der Waals surface area contributed by atoms with Gasteiger partial charge in [-0.1, -0.05) is 36.8 Å². The number of hydrogen-bond acceptors (Lipinski definition) is 2. The second-order valence-corrected chi connectivity index (χ2v) is 6.27. The molecule has 4 nitrogen and oxygen atoms in total. The van der Waals surface area contributed by atoms with Gasteiger partial charge in [0.2, 0.25) is 5.91 Å². The molecule has 0 radical (unpaired) electrons. The van der Waals surface area contributed by atoms with Crippen LogP contribution in [0.1, 0.15) is 43.9 Å². The van der Waals surface area contributed by atoms with Crippen LogP contribution in [-0.4, -0.2) is 17.0 Å². The summed E-state index contributed by atoms with van der Waals surface area (Å²) in [5.74, 6) is -1.67. The molecule has 4 atom stereocenters. The third kappa shape index (κ3) is 3.63. The highest BCUT2D eigenvalue weighted by Gasteiger charge is 2.41. The van der Waals surface area contributed by atoms with E-state index in [1.54, 1.807) is 0 Å². The van der Waals surface area contributed by atoms with E-state index in [0.717, 1.165) is 5.56 Å². The van der Waals surface area contributed by atoms with Crippen molar-refractivity contribution in [1.29, 1.82) is 0 Å². The fourth-order valence-electron chi connectivity index (χ4n) is 3.11. The Morgan fingerprint density at radius 1 is 1.19 bits per heavy atom. The second kappa shape index (κ2) is 6.29. The minimum absolute atomic E-state index is 0.108. The van der Waals surface area contributed by atoms with Gasteiger partial charge in [-0.15, -0.1) is 0 Å². The Bertz CT molecular complexity index is 523. The molecule has 1 aliphatic carbocycles. The number of carboxylic acid groups (broad SMARTS) is 1. The van der Waals surface area contributed by atoms with E-state index in [0.29, 0.717) is 12.8 Å². The summed E-state index contributed by atoms with van der Waals surface area (Å²) in [4.78, 5) is 23.7. The Balaban J connectivity index is 2.03. The van der Waals surface area contributed by atoms with E-state index in [1.165, 1.54) is 5.56 Å². The number of nitrogens with one attached hydrogen (secondary N) is 1. The lowest BCUT2D eigenvalue weighted by Crippen LogP contribution is -2.36. The normalized spacial score (nSPS) is 26.3. The fraction of sp³-hybridized carbons (Fsp3) is 0.529. The number of carbonyl (C=O) groups is 2. The number of rotatable bonds is 4. The SMILES string of the molecule is Cc1ccc(C(C)NC(=O)[C@H]2CC(C)C[C@H]2C(=O)O)cc1. The Morgan fingerprint density at radius 2 is 1.76 bits per heavy atom. The summed E-state index contributed by atoms with van der Waals surface area (Å²) in [6, 6.07) is 7.90. The van der Waals surface area contributed by atoms with Crippen LogP contribution in [0.4, 0.5) is 0 Å². The number of aliphatic carboxylic acids is 1. The average Bonchev–Trinajstić information content (AvgIpc) is 2.82. The quantitative estimate of drug-likeness (QED) is 0.895. The summed E-state index contributed by atoms with van der Waals surface area (Å²) in [6.07, 6.45) is 1.25. The highest BCUT2D eigenvalue weighted by Crippen LogP contribution is 2.36. The van der Waals surface area contributed by atoms with Gasteiger partial charge < -0.3 is 10.4 Å². The lowest BCUT2D eigenvalue weighted by atomic mass is 9.94. The van der Waals surface area contributed by atoms with Crippen molar-refractivity contribution >= 4 is 11.9 Å². The van der Waals surface area contributed by atoms with Crippen molar-refractivity contribution in [1.82, 2.24) is 5.32 Å². The molecule has 0 bridgehead atoms. The summed E-state index contributed by atoms with van der Waals surface area (Å²) in [5.41, 5.74) is 2.21. The van der Waals surface area contributed by atoms with Crippen molar-refractivity contribution in [2.45, 2.75) is 39.7 Å². The first-order chi connectivity index (χ1) is 9.88. The molecule has 0 aliphatic heterocycles. The molecule has 0 aromatic heterocycles. The molecule has 1 amide bonds. The molecular weight excluding hydrogens is 266 g/mol. The van der Waals surface area contributed by atoms with Crippen LogP contribution in [0.3, 0.4) is 0 Å². The molecule has 1 fully saturated rings. The zero-order chi connectivity index (χ0) is 15.6. The van der Waals surface area contributed by atoms with Gasteiger partial charge >= 0.3 is 5.97 Å². The molecule has 21 heavy (non-hydrogen) atoms. The van der Waals surface area contributed by atoms with E-state index >= 15 is 0 Å². The van der Waals surface area contributed by atoms with E-state index in [-0.39, 0.29) is 17.9 Å². The Morgan fingerprint density at radius 3 is 2.33 bits per heavy atom. The van der Waals surface area contributed by atoms with Crippen molar-refractivity contribution in [3.63, 3.8) is 0 Å². The summed E-state index contributed by atoms with van der Waals surface area (Å²) < 4.78 is 0. The van der Waals surface area contributed by atoms with Crippen LogP contribution < -0.4 is 5.32 Å². The van der Waals surface area contributed by atoms with Gasteiger partial charge in [-0.25, -0.2) is 0 Å². The van der Waals surface area contributed by atoms with Crippen LogP contribution in [0.5, 0.6) is 0 Å². The molecule has 0 heterocycles. The molecule has 114 valence electrons. The minimum atomic E-state index is -0.859. The maximum absolute atomic E-state index is 12.4. The summed E-state index contributed by atoms with van der Waals surface area (Å²) in [7, 11) is 0. The van der Waals surface area contributed by atoms with Crippen molar-refractivity contribution in [2.24, 2.45) is 17.8 Å². The van der Waals surface area contributed by atoms with Crippen molar-refractivity contribution in [2.75, 3.05) is 0 Å². The van der Waals surface area contributed by atoms with Crippen LogP contribution in [-0.2, 0) is 9.59 Å². The van der Waals surface area contributed by atoms with Gasteiger partial charge in [0.25, 0.3) is 0 Å². The first-order valence-electron chi connectivity index (χ1n) is 7.48. The van der Waals surface area contributed by atoms with Crippen LogP contribution in [0.2, 0.25) is 0 Å². The monoisotopic (exact) mass is 289 g/mol. The molecule has 0 spiro atoms. The highest BCUT2D eigenvalue weighted by atomic mass is 16.4. The van der Waals surface area contributed by atoms with Crippen LogP contribution in [0.25, 0.3) is 0 Å². The van der Waals surface area contributed by atoms with E-state index in [1.807, 2.05) is 45.0 Å². The summed E-state index contributed by atoms with van der Waals surface area (Å²) in [5, 5.41) is 12.2. The molecule has 1 aromatic rings. The maximum atomic E-state index is 12.4. The molecule has 2 unspecified atom stereocenters. The van der Waals surface area contributed by atoms with Crippen molar-refractivity contribution < 1.29 is 14.7 Å². The molecule has 1 aliphatic rings. The van der Waals surface area contributed by atoms with E-state index < -0.39 is 17.8 Å². The third-order valence-corrected chi connectivity index (χ3v) is 4.39. The molecular formula is C17H23NO3. The Labute approximate surface area is 125 Å². The second-order valence-electron chi connectivity index (χ2n) is 6.27. The first kappa shape index (κ1) is 15.5. The summed E-state index contributed by atoms with van der Waals surface area (Å²) in [6.45, 7) is 5.95. The zero-order valence-electron chi connectivity index (χ0n) is 12.8. The average molecular weight is 289 g/mol. The van der Waals surface area contributed by atoms with E-state index in [9.17, 15) is 14.7 Å². The predicted octanol–water partition coefficient (Wildman–Crippen LogP) is 2.92. The van der Waals surface area contributed by atoms with Crippen LogP contribution in [0, 0.1) is 24.7 Å². The lowest BCUT2D eigenvalue weighted by molar-refractivity contribution is -0.146. The largest absolute Gasteiger partial charge is 0.481 e. The summed E-state index contributed by atoms with van der Waals surface area (Å²) >= 11 is 0. The third-order valence-electron chi connectivity index (χ3n) is 4.39. The zero-order valence-corrected chi connectivity index (χ0v) is 12.8. The molecule has 1 aromatic carbocycles. The standard InChI is InChI=1S/C17H23NO3/c1-10-4-6-13(7-5-10)12(3)18-16(19)14-8-11(2)9-15(14)17(20)21/h4-7,11-12,14-15H,8-9H2,1-3H3,(H,18,19)(H,20,21)/t11?,12?,14-,15+/m0/s1. The Hall–Kier alpha value is -1.84. The van der Waals surface area contributed by atoms with Gasteiger partial charge in [-0.2, -0.15) is 0 Å². The molecule has 1 saturated carbocycles. The molecule has 2 rings (SSSR count). The molecule has 0 saturated heterocycles. The number of benzene rings is 1. The van der Waals surface area contributed by atoms with Crippen LogP contribution in [0.15, 0.2) is 24.3 Å². The van der Waals surface area contributed by atoms with E-state index in [4.69, 9.17) is 0 Å². The topological polar surface area (TPSA) is 66.4 Å². The maximum Gasteiger partial charge on any atom is 0.307 e. The van der Waals surface area contributed by atoms with Crippen LogP contribution >= 0.6 is 0 Å². The van der Waals surface area contributed by atoms with Crippen molar-refractivity contribution in [3.05, 3.63) is 35.4 Å². The first-order valence-corrected chi connectivity index (χ1v) is 7.48. The molecule has 2 N–H and O–H groups in total. The smallest absolute Gasteiger partial charge is 0.307 e. The van der Waals surface area contributed by atoms with Gasteiger partial charge in [-0.3, -0.25) is 9.59 Å². The highest BCUT2D eigenvalue weighted by molar-refractivity contribution is 5.85. The number of carboxylic acids is 1. The molecule has 4 heteroatoms. The van der Waals surface area contributed by atoms with Gasteiger partial charge in [0, 0.05) is 0 Å². The van der Waals surface area contributed by atoms with E-state index in [2.05, 4.69) is 5.32 Å². The predicted molar refractivity (Wildman–Crippen MR) is 80.8 cm³/mol. The minimum Gasteiger partial charge on any atom is -0.481 e. The van der Waals surface area contributed by atoms with Gasteiger partial charge in [0.05, 0.1) is 17.9 Å². The number of aryl methyl sites for hydroxylation is 1. The number of hydrogen-bond donors (Lipinski definition) is 2. The van der Waals surface area contributed by atoms with Gasteiger partial charge in [-0.05, 0) is 38.2 Å².